The molecule has 0 saturated carbocycles. The molecule has 6 heteroatoms. The summed E-state index contributed by atoms with van der Waals surface area (Å²) >= 11 is 3.42. The third kappa shape index (κ3) is 5.30. The van der Waals surface area contributed by atoms with Crippen molar-refractivity contribution in [3.8, 4) is 0 Å². The first-order valence-electron chi connectivity index (χ1n) is 6.27. The molecule has 2 unspecified atom stereocenters. The van der Waals surface area contributed by atoms with Gasteiger partial charge in [0.2, 0.25) is 5.91 Å². The van der Waals surface area contributed by atoms with E-state index in [9.17, 15) is 9.59 Å². The number of carbonyl (C=O) groups excluding carboxylic acids is 2. The summed E-state index contributed by atoms with van der Waals surface area (Å²) in [6.45, 7) is 3.66. The maximum Gasteiger partial charge on any atom is 0.329 e. The highest BCUT2D eigenvalue weighted by molar-refractivity contribution is 9.10. The van der Waals surface area contributed by atoms with Crippen molar-refractivity contribution in [2.45, 2.75) is 25.9 Å². The van der Waals surface area contributed by atoms with Gasteiger partial charge in [-0.15, -0.1) is 0 Å². The molecule has 1 amide bonds. The summed E-state index contributed by atoms with van der Waals surface area (Å²) < 4.78 is 5.66. The Balaban J connectivity index is 2.62. The summed E-state index contributed by atoms with van der Waals surface area (Å²) in [5.41, 5.74) is 1.09. The van der Waals surface area contributed by atoms with E-state index in [1.807, 2.05) is 31.2 Å². The van der Waals surface area contributed by atoms with Gasteiger partial charge in [0.1, 0.15) is 6.04 Å². The van der Waals surface area contributed by atoms with Gasteiger partial charge >= 0.3 is 5.97 Å². The highest BCUT2D eigenvalue weighted by Gasteiger charge is 2.20. The van der Waals surface area contributed by atoms with Gasteiger partial charge in [0.05, 0.1) is 7.11 Å². The summed E-state index contributed by atoms with van der Waals surface area (Å²) in [6, 6.07) is 7.26. The highest BCUT2D eigenvalue weighted by Crippen LogP contribution is 2.17. The SMILES string of the molecule is COC(=O)C(CNC(C)c1cccc(Br)c1)NC(C)=O. The Morgan fingerprint density at radius 2 is 2.10 bits per heavy atom. The van der Waals surface area contributed by atoms with Crippen molar-refractivity contribution < 1.29 is 14.3 Å². The van der Waals surface area contributed by atoms with E-state index in [0.29, 0.717) is 6.54 Å². The third-order valence-corrected chi connectivity index (χ3v) is 3.33. The maximum absolute atomic E-state index is 11.6. The lowest BCUT2D eigenvalue weighted by Crippen LogP contribution is -2.47. The molecular weight excluding hydrogens is 324 g/mol. The van der Waals surface area contributed by atoms with E-state index < -0.39 is 12.0 Å². The fraction of sp³-hybridized carbons (Fsp3) is 0.429. The standard InChI is InChI=1S/C14H19BrN2O3/c1-9(11-5-4-6-12(15)7-11)16-8-13(14(19)20-3)17-10(2)18/h4-7,9,13,16H,8H2,1-3H3,(H,17,18). The summed E-state index contributed by atoms with van der Waals surface area (Å²) in [5.74, 6) is -0.730. The second kappa shape index (κ2) is 8.01. The van der Waals surface area contributed by atoms with E-state index >= 15 is 0 Å². The Bertz CT molecular complexity index is 479. The van der Waals surface area contributed by atoms with Crippen molar-refractivity contribution in [3.63, 3.8) is 0 Å². The van der Waals surface area contributed by atoms with Gasteiger partial charge in [-0.1, -0.05) is 28.1 Å². The van der Waals surface area contributed by atoms with Gasteiger partial charge in [-0.3, -0.25) is 4.79 Å². The Labute approximate surface area is 127 Å². The van der Waals surface area contributed by atoms with E-state index in [1.54, 1.807) is 0 Å². The fourth-order valence-electron chi connectivity index (χ4n) is 1.77. The Morgan fingerprint density at radius 1 is 1.40 bits per heavy atom. The number of rotatable bonds is 6. The molecule has 5 nitrogen and oxygen atoms in total. The second-order valence-electron chi connectivity index (χ2n) is 4.46. The molecule has 0 aromatic heterocycles. The molecule has 0 aliphatic rings. The Hall–Kier alpha value is -1.40. The van der Waals surface area contributed by atoms with Crippen molar-refractivity contribution in [3.05, 3.63) is 34.3 Å². The number of methoxy groups -OCH3 is 1. The average Bonchev–Trinajstić information content (AvgIpc) is 2.41. The van der Waals surface area contributed by atoms with E-state index in [-0.39, 0.29) is 11.9 Å². The molecular formula is C14H19BrN2O3. The predicted octanol–water partition coefficient (Wildman–Crippen LogP) is 1.78. The van der Waals surface area contributed by atoms with Crippen LogP contribution in [0.1, 0.15) is 25.5 Å². The van der Waals surface area contributed by atoms with Gasteiger partial charge in [0, 0.05) is 24.0 Å². The molecule has 0 saturated heterocycles. The van der Waals surface area contributed by atoms with E-state index in [1.165, 1.54) is 14.0 Å². The molecule has 0 heterocycles. The Kier molecular flexibility index (Phi) is 6.67. The molecule has 0 fully saturated rings. The minimum absolute atomic E-state index is 0.0495. The molecule has 2 atom stereocenters. The van der Waals surface area contributed by atoms with Gasteiger partial charge in [-0.25, -0.2) is 4.79 Å². The Morgan fingerprint density at radius 3 is 2.65 bits per heavy atom. The number of benzene rings is 1. The summed E-state index contributed by atoms with van der Waals surface area (Å²) in [7, 11) is 1.30. The minimum Gasteiger partial charge on any atom is -0.467 e. The number of esters is 1. The molecule has 1 aromatic rings. The van der Waals surface area contributed by atoms with Crippen LogP contribution >= 0.6 is 15.9 Å². The molecule has 0 bridgehead atoms. The van der Waals surface area contributed by atoms with Crippen LogP contribution < -0.4 is 10.6 Å². The molecule has 0 radical (unpaired) electrons. The van der Waals surface area contributed by atoms with Crippen LogP contribution in [0.4, 0.5) is 0 Å². The van der Waals surface area contributed by atoms with Crippen molar-refractivity contribution >= 4 is 27.8 Å². The van der Waals surface area contributed by atoms with E-state index in [0.717, 1.165) is 10.0 Å². The minimum atomic E-state index is -0.688. The predicted molar refractivity (Wildman–Crippen MR) is 80.2 cm³/mol. The van der Waals surface area contributed by atoms with Crippen LogP contribution in [0, 0.1) is 0 Å². The van der Waals surface area contributed by atoms with Gasteiger partial charge in [0.15, 0.2) is 0 Å². The maximum atomic E-state index is 11.6. The van der Waals surface area contributed by atoms with Crippen LogP contribution in [0.25, 0.3) is 0 Å². The van der Waals surface area contributed by atoms with Crippen LogP contribution in [0.2, 0.25) is 0 Å². The monoisotopic (exact) mass is 342 g/mol. The summed E-state index contributed by atoms with van der Waals surface area (Å²) in [6.07, 6.45) is 0. The number of amides is 1. The summed E-state index contributed by atoms with van der Waals surface area (Å²) in [4.78, 5) is 22.6. The van der Waals surface area contributed by atoms with Crippen LogP contribution in [0.15, 0.2) is 28.7 Å². The average molecular weight is 343 g/mol. The van der Waals surface area contributed by atoms with Gasteiger partial charge < -0.3 is 15.4 Å². The number of hydrogen-bond donors (Lipinski definition) is 2. The topological polar surface area (TPSA) is 67.4 Å². The largest absolute Gasteiger partial charge is 0.467 e. The first-order chi connectivity index (χ1) is 9.43. The van der Waals surface area contributed by atoms with Gasteiger partial charge in [0.25, 0.3) is 0 Å². The van der Waals surface area contributed by atoms with Crippen molar-refractivity contribution in [2.75, 3.05) is 13.7 Å². The number of ether oxygens (including phenoxy) is 1. The van der Waals surface area contributed by atoms with Crippen molar-refractivity contribution in [1.29, 1.82) is 0 Å². The normalized spacial score (nSPS) is 13.4. The highest BCUT2D eigenvalue weighted by atomic mass is 79.9. The molecule has 20 heavy (non-hydrogen) atoms. The van der Waals surface area contributed by atoms with Crippen LogP contribution in [-0.4, -0.2) is 31.6 Å². The molecule has 2 N–H and O–H groups in total. The van der Waals surface area contributed by atoms with Crippen LogP contribution in [-0.2, 0) is 14.3 Å². The van der Waals surface area contributed by atoms with E-state index in [4.69, 9.17) is 0 Å². The first-order valence-corrected chi connectivity index (χ1v) is 7.07. The first kappa shape index (κ1) is 16.7. The number of halogens is 1. The van der Waals surface area contributed by atoms with Gasteiger partial charge in [-0.05, 0) is 24.6 Å². The lowest BCUT2D eigenvalue weighted by Gasteiger charge is -2.20. The smallest absolute Gasteiger partial charge is 0.329 e. The molecule has 0 aliphatic heterocycles. The lowest BCUT2D eigenvalue weighted by atomic mass is 10.1. The third-order valence-electron chi connectivity index (χ3n) is 2.84. The number of nitrogens with one attached hydrogen (secondary N) is 2. The lowest BCUT2D eigenvalue weighted by molar-refractivity contribution is -0.144. The number of carbonyl (C=O) groups is 2. The quantitative estimate of drug-likeness (QED) is 0.773. The van der Waals surface area contributed by atoms with Gasteiger partial charge in [-0.2, -0.15) is 0 Å². The molecule has 0 aliphatic carbocycles. The molecule has 0 spiro atoms. The summed E-state index contributed by atoms with van der Waals surface area (Å²) in [5, 5.41) is 5.77. The fourth-order valence-corrected chi connectivity index (χ4v) is 2.19. The van der Waals surface area contributed by atoms with Crippen molar-refractivity contribution in [2.24, 2.45) is 0 Å². The molecule has 110 valence electrons. The van der Waals surface area contributed by atoms with Crippen LogP contribution in [0.5, 0.6) is 0 Å². The number of hydrogen-bond acceptors (Lipinski definition) is 4. The second-order valence-corrected chi connectivity index (χ2v) is 5.38. The van der Waals surface area contributed by atoms with Crippen LogP contribution in [0.3, 0.4) is 0 Å². The molecule has 1 aromatic carbocycles. The zero-order valence-corrected chi connectivity index (χ0v) is 13.4. The zero-order valence-electron chi connectivity index (χ0n) is 11.8. The molecule has 1 rings (SSSR count). The zero-order chi connectivity index (χ0) is 15.1. The van der Waals surface area contributed by atoms with E-state index in [2.05, 4.69) is 31.3 Å². The van der Waals surface area contributed by atoms with Crippen molar-refractivity contribution in [1.82, 2.24) is 10.6 Å².